The first kappa shape index (κ1) is 20.2. The second-order valence-corrected chi connectivity index (χ2v) is 6.77. The highest BCUT2D eigenvalue weighted by Crippen LogP contribution is 2.20. The topological polar surface area (TPSA) is 128 Å². The summed E-state index contributed by atoms with van der Waals surface area (Å²) in [5.74, 6) is -1.40. The summed E-state index contributed by atoms with van der Waals surface area (Å²) in [6, 6.07) is 17.1. The minimum atomic E-state index is -1.59. The average molecular weight is 394 g/mol. The number of carbonyl (C=O) groups excluding carboxylic acids is 1. The molecule has 0 saturated heterocycles. The number of carboxylic acid groups (broad SMARTS) is 1. The van der Waals surface area contributed by atoms with Gasteiger partial charge in [0.25, 0.3) is 5.91 Å². The van der Waals surface area contributed by atoms with Gasteiger partial charge in [0.1, 0.15) is 5.82 Å². The van der Waals surface area contributed by atoms with Crippen molar-refractivity contribution in [2.24, 2.45) is 0 Å². The SMILES string of the molecule is Cc1nc(C(=O)NC(Cc2ccc(-c3ccccc3)cc2)C[C@@H](O)C(=O)O)n[nH]1. The molecule has 1 heterocycles. The maximum absolute atomic E-state index is 12.4. The van der Waals surface area contributed by atoms with Crippen LogP contribution in [-0.4, -0.2) is 49.4 Å². The summed E-state index contributed by atoms with van der Waals surface area (Å²) in [6.07, 6.45) is -1.36. The van der Waals surface area contributed by atoms with Crippen LogP contribution in [0.4, 0.5) is 0 Å². The lowest BCUT2D eigenvalue weighted by Gasteiger charge is -2.20. The number of aliphatic hydroxyl groups excluding tert-OH is 1. The number of nitrogens with zero attached hydrogens (tertiary/aromatic N) is 2. The Kier molecular flexibility index (Phi) is 6.36. The van der Waals surface area contributed by atoms with E-state index in [0.29, 0.717) is 12.2 Å². The Morgan fingerprint density at radius 3 is 2.31 bits per heavy atom. The molecule has 29 heavy (non-hydrogen) atoms. The van der Waals surface area contributed by atoms with E-state index in [1.807, 2.05) is 54.6 Å². The molecule has 8 heteroatoms. The Bertz CT molecular complexity index is 970. The van der Waals surface area contributed by atoms with Crippen molar-refractivity contribution in [2.75, 3.05) is 0 Å². The van der Waals surface area contributed by atoms with E-state index in [-0.39, 0.29) is 12.2 Å². The van der Waals surface area contributed by atoms with Crippen LogP contribution in [0, 0.1) is 6.92 Å². The van der Waals surface area contributed by atoms with Crippen molar-refractivity contribution < 1.29 is 19.8 Å². The van der Waals surface area contributed by atoms with Crippen molar-refractivity contribution in [1.29, 1.82) is 0 Å². The van der Waals surface area contributed by atoms with E-state index in [4.69, 9.17) is 5.11 Å². The number of carboxylic acids is 1. The summed E-state index contributed by atoms with van der Waals surface area (Å²) in [5, 5.41) is 27.9. The molecule has 1 aromatic heterocycles. The van der Waals surface area contributed by atoms with Crippen LogP contribution in [-0.2, 0) is 11.2 Å². The number of aryl methyl sites for hydroxylation is 1. The number of aliphatic hydroxyl groups is 1. The summed E-state index contributed by atoms with van der Waals surface area (Å²) >= 11 is 0. The lowest BCUT2D eigenvalue weighted by molar-refractivity contribution is -0.147. The van der Waals surface area contributed by atoms with E-state index in [2.05, 4.69) is 20.5 Å². The van der Waals surface area contributed by atoms with Gasteiger partial charge in [-0.2, -0.15) is 0 Å². The number of amides is 1. The second kappa shape index (κ2) is 9.11. The Labute approximate surface area is 167 Å². The van der Waals surface area contributed by atoms with E-state index in [0.717, 1.165) is 16.7 Å². The monoisotopic (exact) mass is 394 g/mol. The number of rotatable bonds is 8. The number of aromatic amines is 1. The van der Waals surface area contributed by atoms with Crippen molar-refractivity contribution in [2.45, 2.75) is 31.9 Å². The zero-order valence-corrected chi connectivity index (χ0v) is 15.9. The third kappa shape index (κ3) is 5.49. The van der Waals surface area contributed by atoms with Crippen molar-refractivity contribution in [3.63, 3.8) is 0 Å². The van der Waals surface area contributed by atoms with Gasteiger partial charge in [-0.25, -0.2) is 9.78 Å². The minimum Gasteiger partial charge on any atom is -0.479 e. The van der Waals surface area contributed by atoms with Gasteiger partial charge in [0.15, 0.2) is 6.10 Å². The molecule has 0 aliphatic rings. The van der Waals surface area contributed by atoms with Crippen LogP contribution in [0.3, 0.4) is 0 Å². The second-order valence-electron chi connectivity index (χ2n) is 6.77. The molecule has 0 spiro atoms. The smallest absolute Gasteiger partial charge is 0.332 e. The highest BCUT2D eigenvalue weighted by atomic mass is 16.4. The van der Waals surface area contributed by atoms with E-state index >= 15 is 0 Å². The molecule has 0 aliphatic heterocycles. The van der Waals surface area contributed by atoms with E-state index in [9.17, 15) is 14.7 Å². The number of carbonyl (C=O) groups is 2. The quantitative estimate of drug-likeness (QED) is 0.462. The van der Waals surface area contributed by atoms with Crippen molar-refractivity contribution in [1.82, 2.24) is 20.5 Å². The molecule has 2 aromatic carbocycles. The summed E-state index contributed by atoms with van der Waals surface area (Å²) in [5.41, 5.74) is 3.04. The Balaban J connectivity index is 1.73. The molecule has 1 unspecified atom stereocenters. The van der Waals surface area contributed by atoms with Gasteiger partial charge in [-0.1, -0.05) is 54.6 Å². The summed E-state index contributed by atoms with van der Waals surface area (Å²) < 4.78 is 0. The lowest BCUT2D eigenvalue weighted by Crippen LogP contribution is -2.41. The Morgan fingerprint density at radius 1 is 1.07 bits per heavy atom. The van der Waals surface area contributed by atoms with Crippen LogP contribution in [0.2, 0.25) is 0 Å². The Hall–Kier alpha value is -3.52. The normalized spacial score (nSPS) is 12.9. The molecule has 0 aliphatic carbocycles. The number of benzene rings is 2. The van der Waals surface area contributed by atoms with E-state index < -0.39 is 24.0 Å². The molecule has 150 valence electrons. The average Bonchev–Trinajstić information content (AvgIpc) is 3.15. The van der Waals surface area contributed by atoms with Gasteiger partial charge in [-0.15, -0.1) is 5.10 Å². The van der Waals surface area contributed by atoms with Crippen LogP contribution in [0.5, 0.6) is 0 Å². The van der Waals surface area contributed by atoms with Gasteiger partial charge in [0.2, 0.25) is 5.82 Å². The van der Waals surface area contributed by atoms with Gasteiger partial charge in [0.05, 0.1) is 0 Å². The minimum absolute atomic E-state index is 0.0308. The first-order chi connectivity index (χ1) is 13.9. The predicted molar refractivity (Wildman–Crippen MR) is 106 cm³/mol. The third-order valence-corrected chi connectivity index (χ3v) is 4.47. The van der Waals surface area contributed by atoms with Gasteiger partial charge >= 0.3 is 5.97 Å². The highest BCUT2D eigenvalue weighted by molar-refractivity contribution is 5.90. The zero-order valence-electron chi connectivity index (χ0n) is 15.9. The van der Waals surface area contributed by atoms with Gasteiger partial charge < -0.3 is 15.5 Å². The summed E-state index contributed by atoms with van der Waals surface area (Å²) in [4.78, 5) is 27.4. The Morgan fingerprint density at radius 2 is 1.72 bits per heavy atom. The molecule has 3 aromatic rings. The molecule has 4 N–H and O–H groups in total. The first-order valence-electron chi connectivity index (χ1n) is 9.17. The molecule has 8 nitrogen and oxygen atoms in total. The third-order valence-electron chi connectivity index (χ3n) is 4.47. The van der Waals surface area contributed by atoms with Crippen LogP contribution in [0.25, 0.3) is 11.1 Å². The number of aromatic nitrogens is 3. The first-order valence-corrected chi connectivity index (χ1v) is 9.17. The van der Waals surface area contributed by atoms with Crippen LogP contribution in [0.1, 0.15) is 28.4 Å². The molecule has 0 saturated carbocycles. The van der Waals surface area contributed by atoms with E-state index in [1.54, 1.807) is 6.92 Å². The van der Waals surface area contributed by atoms with Crippen molar-refractivity contribution in [3.05, 3.63) is 71.8 Å². The standard InChI is InChI=1S/C21H22N4O4/c1-13-22-19(25-24-13)20(27)23-17(12-18(26)21(28)29)11-14-7-9-16(10-8-14)15-5-3-2-4-6-15/h2-10,17-18,26H,11-12H2,1H3,(H,23,27)(H,28,29)(H,22,24,25)/t17?,18-/m1/s1. The molecule has 3 rings (SSSR count). The molecular weight excluding hydrogens is 372 g/mol. The summed E-state index contributed by atoms with van der Waals surface area (Å²) in [7, 11) is 0. The molecule has 0 bridgehead atoms. The molecule has 1 amide bonds. The molecule has 0 radical (unpaired) electrons. The van der Waals surface area contributed by atoms with Gasteiger partial charge in [-0.3, -0.25) is 9.89 Å². The fraction of sp³-hybridized carbons (Fsp3) is 0.238. The molecule has 2 atom stereocenters. The lowest BCUT2D eigenvalue weighted by atomic mass is 9.98. The van der Waals surface area contributed by atoms with Gasteiger partial charge in [0, 0.05) is 12.5 Å². The molecule has 0 fully saturated rings. The van der Waals surface area contributed by atoms with Crippen molar-refractivity contribution >= 4 is 11.9 Å². The van der Waals surface area contributed by atoms with E-state index in [1.165, 1.54) is 0 Å². The van der Waals surface area contributed by atoms with Crippen molar-refractivity contribution in [3.8, 4) is 11.1 Å². The zero-order chi connectivity index (χ0) is 20.8. The predicted octanol–water partition coefficient (Wildman–Crippen LogP) is 1.96. The number of aliphatic carboxylic acids is 1. The number of hydrogen-bond donors (Lipinski definition) is 4. The van der Waals surface area contributed by atoms with Crippen LogP contribution in [0.15, 0.2) is 54.6 Å². The maximum Gasteiger partial charge on any atom is 0.332 e. The highest BCUT2D eigenvalue weighted by Gasteiger charge is 2.23. The fourth-order valence-corrected chi connectivity index (χ4v) is 3.01. The van der Waals surface area contributed by atoms with Gasteiger partial charge in [-0.05, 0) is 30.0 Å². The van der Waals surface area contributed by atoms with Crippen LogP contribution >= 0.6 is 0 Å². The molecular formula is C21H22N4O4. The number of H-pyrrole nitrogens is 1. The van der Waals surface area contributed by atoms with Crippen LogP contribution < -0.4 is 5.32 Å². The number of hydrogen-bond acceptors (Lipinski definition) is 5. The largest absolute Gasteiger partial charge is 0.479 e. The summed E-state index contributed by atoms with van der Waals surface area (Å²) in [6.45, 7) is 1.67. The fourth-order valence-electron chi connectivity index (χ4n) is 3.01. The maximum atomic E-state index is 12.4. The number of nitrogens with one attached hydrogen (secondary N) is 2.